The Labute approximate surface area is 162 Å². The first kappa shape index (κ1) is 18.5. The minimum absolute atomic E-state index is 0.0192. The SMILES string of the molecule is CC(=O)NC12C[C@H]3C[C@@H](C1)CC(C(=O)OCc1ccc(C(C)C)cc1)(C3)C2. The van der Waals surface area contributed by atoms with E-state index in [1.165, 1.54) is 12.0 Å². The summed E-state index contributed by atoms with van der Waals surface area (Å²) in [6.45, 7) is 6.27. The molecular weight excluding hydrogens is 338 g/mol. The van der Waals surface area contributed by atoms with Crippen LogP contribution in [0.3, 0.4) is 0 Å². The van der Waals surface area contributed by atoms with E-state index in [2.05, 4.69) is 43.4 Å². The maximum atomic E-state index is 13.1. The number of amides is 1. The van der Waals surface area contributed by atoms with Crippen LogP contribution in [0.15, 0.2) is 24.3 Å². The maximum Gasteiger partial charge on any atom is 0.312 e. The number of hydrogen-bond donors (Lipinski definition) is 1. The summed E-state index contributed by atoms with van der Waals surface area (Å²) in [5.74, 6) is 1.54. The van der Waals surface area contributed by atoms with Gasteiger partial charge in [-0.3, -0.25) is 9.59 Å². The molecule has 27 heavy (non-hydrogen) atoms. The van der Waals surface area contributed by atoms with E-state index in [0.717, 1.165) is 37.7 Å². The third-order valence-corrected chi connectivity index (χ3v) is 6.95. The summed E-state index contributed by atoms with van der Waals surface area (Å²) in [4.78, 5) is 24.9. The first-order valence-electron chi connectivity index (χ1n) is 10.3. The lowest BCUT2D eigenvalue weighted by Gasteiger charge is -2.60. The molecule has 4 fully saturated rings. The highest BCUT2D eigenvalue weighted by molar-refractivity contribution is 5.79. The lowest BCUT2D eigenvalue weighted by Crippen LogP contribution is -2.64. The van der Waals surface area contributed by atoms with Crippen molar-refractivity contribution in [2.45, 2.75) is 77.4 Å². The third-order valence-electron chi connectivity index (χ3n) is 6.95. The molecule has 0 aromatic heterocycles. The van der Waals surface area contributed by atoms with Crippen LogP contribution in [0, 0.1) is 17.3 Å². The van der Waals surface area contributed by atoms with Crippen molar-refractivity contribution in [2.24, 2.45) is 17.3 Å². The molecule has 4 atom stereocenters. The summed E-state index contributed by atoms with van der Waals surface area (Å²) < 4.78 is 5.81. The molecule has 0 spiro atoms. The molecule has 0 radical (unpaired) electrons. The van der Waals surface area contributed by atoms with Gasteiger partial charge in [0.2, 0.25) is 5.91 Å². The van der Waals surface area contributed by atoms with E-state index >= 15 is 0 Å². The second-order valence-corrected chi connectivity index (χ2v) is 9.68. The van der Waals surface area contributed by atoms with Crippen molar-refractivity contribution >= 4 is 11.9 Å². The Morgan fingerprint density at radius 3 is 2.30 bits per heavy atom. The van der Waals surface area contributed by atoms with Crippen LogP contribution in [0.4, 0.5) is 0 Å². The molecule has 0 aliphatic heterocycles. The molecular formula is C23H31NO3. The van der Waals surface area contributed by atoms with Crippen LogP contribution in [-0.2, 0) is 20.9 Å². The number of benzene rings is 1. The fraction of sp³-hybridized carbons (Fsp3) is 0.652. The Hall–Kier alpha value is -1.84. The van der Waals surface area contributed by atoms with Crippen LogP contribution >= 0.6 is 0 Å². The van der Waals surface area contributed by atoms with Crippen molar-refractivity contribution in [1.29, 1.82) is 0 Å². The fourth-order valence-electron chi connectivity index (χ4n) is 6.32. The van der Waals surface area contributed by atoms with E-state index in [4.69, 9.17) is 4.74 Å². The van der Waals surface area contributed by atoms with Gasteiger partial charge in [0.05, 0.1) is 5.41 Å². The van der Waals surface area contributed by atoms with Gasteiger partial charge in [-0.1, -0.05) is 38.1 Å². The lowest BCUT2D eigenvalue weighted by molar-refractivity contribution is -0.177. The molecule has 4 aliphatic carbocycles. The van der Waals surface area contributed by atoms with E-state index in [-0.39, 0.29) is 17.4 Å². The highest BCUT2D eigenvalue weighted by Crippen LogP contribution is 2.62. The van der Waals surface area contributed by atoms with E-state index < -0.39 is 5.41 Å². The number of nitrogens with one attached hydrogen (secondary N) is 1. The lowest BCUT2D eigenvalue weighted by atomic mass is 9.47. The topological polar surface area (TPSA) is 55.4 Å². The van der Waals surface area contributed by atoms with E-state index in [1.807, 2.05) is 0 Å². The molecule has 4 bridgehead atoms. The monoisotopic (exact) mass is 369 g/mol. The Morgan fingerprint density at radius 2 is 1.74 bits per heavy atom. The molecule has 1 aromatic carbocycles. The van der Waals surface area contributed by atoms with Gasteiger partial charge in [0, 0.05) is 12.5 Å². The third kappa shape index (κ3) is 3.51. The molecule has 2 unspecified atom stereocenters. The highest BCUT2D eigenvalue weighted by Gasteiger charge is 2.61. The van der Waals surface area contributed by atoms with Gasteiger partial charge >= 0.3 is 5.97 Å². The van der Waals surface area contributed by atoms with Crippen molar-refractivity contribution in [3.63, 3.8) is 0 Å². The number of hydrogen-bond acceptors (Lipinski definition) is 3. The Morgan fingerprint density at radius 1 is 1.11 bits per heavy atom. The first-order valence-corrected chi connectivity index (χ1v) is 10.3. The van der Waals surface area contributed by atoms with Gasteiger partial charge in [-0.15, -0.1) is 0 Å². The average Bonchev–Trinajstić information content (AvgIpc) is 2.57. The van der Waals surface area contributed by atoms with Gasteiger partial charge in [0.25, 0.3) is 0 Å². The zero-order valence-corrected chi connectivity index (χ0v) is 16.7. The molecule has 0 saturated heterocycles. The van der Waals surface area contributed by atoms with Gasteiger partial charge in [0.15, 0.2) is 0 Å². The average molecular weight is 370 g/mol. The smallest absolute Gasteiger partial charge is 0.312 e. The van der Waals surface area contributed by atoms with Crippen LogP contribution < -0.4 is 5.32 Å². The molecule has 0 heterocycles. The van der Waals surface area contributed by atoms with Crippen LogP contribution in [0.2, 0.25) is 0 Å². The van der Waals surface area contributed by atoms with Crippen molar-refractivity contribution in [1.82, 2.24) is 5.32 Å². The molecule has 1 N–H and O–H groups in total. The summed E-state index contributed by atoms with van der Waals surface area (Å²) in [6.07, 6.45) is 5.85. The number of carbonyl (C=O) groups is 2. The normalized spacial score (nSPS) is 33.9. The largest absolute Gasteiger partial charge is 0.460 e. The number of ether oxygens (including phenoxy) is 1. The van der Waals surface area contributed by atoms with Crippen LogP contribution in [-0.4, -0.2) is 17.4 Å². The second kappa shape index (κ2) is 6.65. The number of esters is 1. The van der Waals surface area contributed by atoms with Crippen molar-refractivity contribution < 1.29 is 14.3 Å². The van der Waals surface area contributed by atoms with E-state index in [0.29, 0.717) is 24.4 Å². The molecule has 1 amide bonds. The quantitative estimate of drug-likeness (QED) is 0.786. The number of rotatable bonds is 5. The van der Waals surface area contributed by atoms with E-state index in [1.54, 1.807) is 6.92 Å². The second-order valence-electron chi connectivity index (χ2n) is 9.68. The molecule has 1 aromatic rings. The summed E-state index contributed by atoms with van der Waals surface area (Å²) in [6, 6.07) is 8.34. The van der Waals surface area contributed by atoms with Crippen LogP contribution in [0.1, 0.15) is 76.3 Å². The van der Waals surface area contributed by atoms with Crippen molar-refractivity contribution in [3.8, 4) is 0 Å². The fourth-order valence-corrected chi connectivity index (χ4v) is 6.32. The minimum atomic E-state index is -0.398. The maximum absolute atomic E-state index is 13.1. The highest BCUT2D eigenvalue weighted by atomic mass is 16.5. The van der Waals surface area contributed by atoms with Crippen LogP contribution in [0.25, 0.3) is 0 Å². The minimum Gasteiger partial charge on any atom is -0.460 e. The summed E-state index contributed by atoms with van der Waals surface area (Å²) >= 11 is 0. The zero-order valence-electron chi connectivity index (χ0n) is 16.7. The molecule has 4 nitrogen and oxygen atoms in total. The molecule has 5 rings (SSSR count). The molecule has 146 valence electrons. The van der Waals surface area contributed by atoms with Crippen LogP contribution in [0.5, 0.6) is 0 Å². The van der Waals surface area contributed by atoms with Crippen molar-refractivity contribution in [3.05, 3.63) is 35.4 Å². The summed E-state index contributed by atoms with van der Waals surface area (Å²) in [5, 5.41) is 3.21. The summed E-state index contributed by atoms with van der Waals surface area (Å²) in [5.41, 5.74) is 1.75. The van der Waals surface area contributed by atoms with E-state index in [9.17, 15) is 9.59 Å². The number of carbonyl (C=O) groups excluding carboxylic acids is 2. The summed E-state index contributed by atoms with van der Waals surface area (Å²) in [7, 11) is 0. The Balaban J connectivity index is 1.46. The van der Waals surface area contributed by atoms with Gasteiger partial charge in [-0.2, -0.15) is 0 Å². The predicted molar refractivity (Wildman–Crippen MR) is 104 cm³/mol. The molecule has 4 saturated carbocycles. The van der Waals surface area contributed by atoms with Crippen molar-refractivity contribution in [2.75, 3.05) is 0 Å². The zero-order chi connectivity index (χ0) is 19.2. The van der Waals surface area contributed by atoms with Gasteiger partial charge in [-0.25, -0.2) is 0 Å². The Kier molecular flexibility index (Phi) is 4.56. The molecule has 4 heteroatoms. The van der Waals surface area contributed by atoms with Gasteiger partial charge < -0.3 is 10.1 Å². The predicted octanol–water partition coefficient (Wildman–Crippen LogP) is 4.33. The van der Waals surface area contributed by atoms with Gasteiger partial charge in [0.1, 0.15) is 6.61 Å². The van der Waals surface area contributed by atoms with Gasteiger partial charge in [-0.05, 0) is 67.4 Å². The standard InChI is InChI=1S/C23H31NO3/c1-15(2)20-6-4-17(5-7-20)13-27-21(26)22-9-18-8-19(10-22)12-23(11-18,14-22)24-16(3)25/h4-7,15,18-19H,8-14H2,1-3H3,(H,24,25)/t18-,19+,22?,23?. The Bertz CT molecular complexity index is 722. The first-order chi connectivity index (χ1) is 12.8. The molecule has 4 aliphatic rings.